The first kappa shape index (κ1) is 29.6. The van der Waals surface area contributed by atoms with Crippen LogP contribution in [0.4, 0.5) is 0 Å². The van der Waals surface area contributed by atoms with E-state index in [-0.39, 0.29) is 22.3 Å². The summed E-state index contributed by atoms with van der Waals surface area (Å²) >= 11 is 4.28. The second-order valence-corrected chi connectivity index (χ2v) is 15.1. The van der Waals surface area contributed by atoms with Crippen LogP contribution >= 0.6 is 34.9 Å². The number of rotatable bonds is 7. The monoisotopic (exact) mass is 590 g/mol. The second-order valence-electron chi connectivity index (χ2n) is 11.6. The Morgan fingerprint density at radius 1 is 1.23 bits per heavy atom. The second kappa shape index (κ2) is 10.5. The van der Waals surface area contributed by atoms with Crippen LogP contribution in [0, 0.1) is 6.92 Å². The van der Waals surface area contributed by atoms with Gasteiger partial charge in [-0.15, -0.1) is 22.0 Å². The fourth-order valence-electron chi connectivity index (χ4n) is 4.57. The van der Waals surface area contributed by atoms with Crippen LogP contribution in [0.5, 0.6) is 5.75 Å². The molecule has 1 aromatic heterocycles. The molecule has 0 radical (unpaired) electrons. The number of carbonyl (C=O) groups excluding carboxylic acids is 1. The van der Waals surface area contributed by atoms with E-state index in [2.05, 4.69) is 15.2 Å². The number of amides is 1. The summed E-state index contributed by atoms with van der Waals surface area (Å²) in [6.45, 7) is 14.0. The van der Waals surface area contributed by atoms with Gasteiger partial charge in [0.15, 0.2) is 4.34 Å². The van der Waals surface area contributed by atoms with Crippen molar-refractivity contribution in [1.29, 1.82) is 0 Å². The van der Waals surface area contributed by atoms with E-state index in [1.165, 1.54) is 46.9 Å². The number of carboxylic acids is 1. The normalized spacial score (nSPS) is 21.9. The smallest absolute Gasteiger partial charge is 0.352 e. The first-order valence-corrected chi connectivity index (χ1v) is 15.3. The quantitative estimate of drug-likeness (QED) is 0.262. The van der Waals surface area contributed by atoms with Crippen LogP contribution in [0.2, 0.25) is 0 Å². The van der Waals surface area contributed by atoms with Gasteiger partial charge in [-0.1, -0.05) is 64.6 Å². The average Bonchev–Trinajstić information content (AvgIpc) is 3.26. The predicted octanol–water partition coefficient (Wildman–Crippen LogP) is 4.95. The number of β-lactam (4-membered cyclic amide) rings is 1. The molecule has 39 heavy (non-hydrogen) atoms. The summed E-state index contributed by atoms with van der Waals surface area (Å²) in [5.74, 6) is -0.608. The highest BCUT2D eigenvalue weighted by molar-refractivity contribution is 8.01. The number of aromatic nitrogens is 2. The molecule has 2 aliphatic heterocycles. The Morgan fingerprint density at radius 2 is 1.85 bits per heavy atom. The van der Waals surface area contributed by atoms with Gasteiger partial charge in [0.25, 0.3) is 11.6 Å². The van der Waals surface area contributed by atoms with E-state index >= 15 is 0 Å². The lowest BCUT2D eigenvalue weighted by Crippen LogP contribution is -2.73. The summed E-state index contributed by atoms with van der Waals surface area (Å²) < 4.78 is 6.45. The molecule has 1 aromatic carbocycles. The molecule has 3 heterocycles. The highest BCUT2D eigenvalue weighted by Gasteiger charge is 2.66. The topological polar surface area (TPSA) is 125 Å². The molecule has 4 rings (SSSR count). The van der Waals surface area contributed by atoms with Gasteiger partial charge in [-0.2, -0.15) is 0 Å². The maximum Gasteiger partial charge on any atom is 0.352 e. The van der Waals surface area contributed by atoms with Gasteiger partial charge in [-0.3, -0.25) is 9.69 Å². The van der Waals surface area contributed by atoms with E-state index in [0.717, 1.165) is 26.0 Å². The van der Waals surface area contributed by atoms with E-state index in [9.17, 15) is 19.8 Å². The van der Waals surface area contributed by atoms with E-state index in [0.29, 0.717) is 17.1 Å². The van der Waals surface area contributed by atoms with Crippen molar-refractivity contribution in [2.75, 3.05) is 18.6 Å². The molecular weight excluding hydrogens is 557 g/mol. The molecule has 1 fully saturated rings. The Bertz CT molecular complexity index is 1340. The Hall–Kier alpha value is -2.41. The van der Waals surface area contributed by atoms with Gasteiger partial charge in [0, 0.05) is 36.0 Å². The van der Waals surface area contributed by atoms with Gasteiger partial charge >= 0.3 is 5.97 Å². The number of phenolic OH excluding ortho intramolecular Hbond substituents is 1. The Labute approximate surface area is 241 Å². The lowest BCUT2D eigenvalue weighted by Gasteiger charge is -2.53. The highest BCUT2D eigenvalue weighted by Crippen LogP contribution is 2.49. The number of carboxylic acid groups (broad SMARTS) is 1. The minimum absolute atomic E-state index is 0.0185. The number of aryl methyl sites for hydroxylation is 1. The zero-order valence-corrected chi connectivity index (χ0v) is 25.8. The van der Waals surface area contributed by atoms with Gasteiger partial charge in [0.1, 0.15) is 21.8 Å². The number of carbonyl (C=O) groups is 2. The third-order valence-corrected chi connectivity index (χ3v) is 10.0. The number of aliphatic imine (C=N–C) groups is 1. The van der Waals surface area contributed by atoms with Crippen molar-refractivity contribution in [1.82, 2.24) is 15.1 Å². The van der Waals surface area contributed by atoms with Gasteiger partial charge in [-0.25, -0.2) is 9.79 Å². The Kier molecular flexibility index (Phi) is 7.98. The lowest BCUT2D eigenvalue weighted by molar-refractivity contribution is -0.182. The third kappa shape index (κ3) is 5.48. The number of aliphatic carboxylic acids is 1. The van der Waals surface area contributed by atoms with Crippen molar-refractivity contribution < 1.29 is 24.5 Å². The van der Waals surface area contributed by atoms with Crippen LogP contribution in [-0.2, 0) is 25.2 Å². The molecule has 2 aliphatic rings. The zero-order chi connectivity index (χ0) is 28.9. The maximum atomic E-state index is 13.5. The van der Waals surface area contributed by atoms with Crippen molar-refractivity contribution in [3.05, 3.63) is 45.1 Å². The standard InChI is InChI=1S/C27H34N4O5S3/c1-14-29-30-24(39-14)38-13-16-12-37-23-27(36-8,22(35)31(23)19(16)21(33)34)28-11-15-9-17(25(2,3)4)20(32)18(10-15)26(5,6)7/h9-11,23,32H,12-13H2,1-8H3,(H,33,34)/b28-11+/t23?,27-/m1/s1. The van der Waals surface area contributed by atoms with E-state index < -0.39 is 23.0 Å². The number of ether oxygens (including phenoxy) is 1. The molecule has 9 nitrogen and oxygen atoms in total. The number of methoxy groups -OCH3 is 1. The summed E-state index contributed by atoms with van der Waals surface area (Å²) in [4.78, 5) is 31.7. The van der Waals surface area contributed by atoms with Gasteiger partial charge in [-0.05, 0) is 41.0 Å². The minimum Gasteiger partial charge on any atom is -0.507 e. The van der Waals surface area contributed by atoms with E-state index in [1.54, 1.807) is 6.21 Å². The largest absolute Gasteiger partial charge is 0.507 e. The van der Waals surface area contributed by atoms with Gasteiger partial charge < -0.3 is 14.9 Å². The molecule has 0 saturated carbocycles. The van der Waals surface area contributed by atoms with Crippen LogP contribution in [0.3, 0.4) is 0 Å². The number of fused-ring (bicyclic) bond motifs is 1. The average molecular weight is 591 g/mol. The number of aromatic hydroxyl groups is 1. The van der Waals surface area contributed by atoms with Crippen LogP contribution in [0.1, 0.15) is 63.2 Å². The number of hydrogen-bond acceptors (Lipinski definition) is 10. The first-order chi connectivity index (χ1) is 18.1. The fraction of sp³-hybridized carbons (Fsp3) is 0.519. The molecule has 0 aliphatic carbocycles. The number of nitrogens with zero attached hydrogens (tertiary/aromatic N) is 4. The van der Waals surface area contributed by atoms with Crippen molar-refractivity contribution in [3.63, 3.8) is 0 Å². The molecule has 2 aromatic rings. The third-order valence-electron chi connectivity index (χ3n) is 6.63. The molecule has 2 N–H and O–H groups in total. The van der Waals surface area contributed by atoms with Crippen LogP contribution in [-0.4, -0.2) is 73.1 Å². The Balaban J connectivity index is 1.66. The van der Waals surface area contributed by atoms with Crippen LogP contribution in [0.25, 0.3) is 0 Å². The number of thioether (sulfide) groups is 2. The summed E-state index contributed by atoms with van der Waals surface area (Å²) in [6.07, 6.45) is 1.59. The Morgan fingerprint density at radius 3 is 2.33 bits per heavy atom. The van der Waals surface area contributed by atoms with E-state index in [1.807, 2.05) is 60.6 Å². The molecular formula is C27H34N4O5S3. The van der Waals surface area contributed by atoms with Crippen LogP contribution < -0.4 is 0 Å². The van der Waals surface area contributed by atoms with E-state index in [4.69, 9.17) is 4.74 Å². The number of benzene rings is 1. The fourth-order valence-corrected chi connectivity index (χ4v) is 7.96. The number of phenols is 1. The molecule has 1 saturated heterocycles. The van der Waals surface area contributed by atoms with Crippen molar-refractivity contribution in [3.8, 4) is 5.75 Å². The summed E-state index contributed by atoms with van der Waals surface area (Å²) in [6, 6.07) is 3.75. The van der Waals surface area contributed by atoms with Crippen LogP contribution in [0.15, 0.2) is 32.7 Å². The lowest BCUT2D eigenvalue weighted by atomic mass is 9.78. The molecule has 2 atom stereocenters. The predicted molar refractivity (Wildman–Crippen MR) is 156 cm³/mol. The highest BCUT2D eigenvalue weighted by atomic mass is 32.2. The SMILES string of the molecule is CO[C@]1(/N=C/c2cc(C(C)(C)C)c(O)c(C(C)(C)C)c2)C(=O)N2C(C(=O)O)=C(CSc3nnc(C)s3)CSC21. The summed E-state index contributed by atoms with van der Waals surface area (Å²) in [5.41, 5.74) is 0.727. The maximum absolute atomic E-state index is 13.5. The molecule has 12 heteroatoms. The number of hydrogen-bond donors (Lipinski definition) is 2. The first-order valence-electron chi connectivity index (χ1n) is 12.4. The van der Waals surface area contributed by atoms with Gasteiger partial charge in [0.2, 0.25) is 0 Å². The minimum atomic E-state index is -1.54. The summed E-state index contributed by atoms with van der Waals surface area (Å²) in [5, 5.41) is 29.4. The van der Waals surface area contributed by atoms with Crippen molar-refractivity contribution >= 4 is 53.0 Å². The van der Waals surface area contributed by atoms with Gasteiger partial charge in [0.05, 0.1) is 0 Å². The molecule has 0 bridgehead atoms. The zero-order valence-electron chi connectivity index (χ0n) is 23.4. The van der Waals surface area contributed by atoms with Crippen molar-refractivity contribution in [2.24, 2.45) is 4.99 Å². The van der Waals surface area contributed by atoms with Crippen molar-refractivity contribution in [2.45, 2.75) is 74.7 Å². The molecule has 1 unspecified atom stereocenters. The molecule has 210 valence electrons. The summed E-state index contributed by atoms with van der Waals surface area (Å²) in [7, 11) is 1.42. The molecule has 0 spiro atoms. The molecule has 1 amide bonds.